The van der Waals surface area contributed by atoms with Crippen molar-refractivity contribution in [2.45, 2.75) is 12.8 Å². The Bertz CT molecular complexity index is 942. The molecule has 5 nitrogen and oxygen atoms in total. The zero-order valence-electron chi connectivity index (χ0n) is 14.3. The molecule has 2 aromatic carbocycles. The molecule has 0 unspecified atom stereocenters. The van der Waals surface area contributed by atoms with Gasteiger partial charge in [0.2, 0.25) is 11.8 Å². The highest BCUT2D eigenvalue weighted by molar-refractivity contribution is 6.22. The molecule has 2 aromatic rings. The first-order valence-electron chi connectivity index (χ1n) is 8.66. The van der Waals surface area contributed by atoms with Gasteiger partial charge in [-0.3, -0.25) is 9.59 Å². The van der Waals surface area contributed by atoms with E-state index in [1.807, 2.05) is 12.2 Å². The lowest BCUT2D eigenvalue weighted by Gasteiger charge is -2.15. The number of allylic oxidation sites excluding steroid dienone is 2. The number of anilines is 1. The molecule has 2 atom stereocenters. The normalized spacial score (nSPS) is 21.3. The molecule has 1 heterocycles. The monoisotopic (exact) mass is 365 g/mol. The zero-order valence-corrected chi connectivity index (χ0v) is 14.3. The number of amides is 2. The van der Waals surface area contributed by atoms with Gasteiger partial charge in [0, 0.05) is 6.07 Å². The maximum absolute atomic E-state index is 13.7. The van der Waals surface area contributed by atoms with Gasteiger partial charge in [0.15, 0.2) is 0 Å². The summed E-state index contributed by atoms with van der Waals surface area (Å²) >= 11 is 0. The lowest BCUT2D eigenvalue weighted by molar-refractivity contribution is -0.122. The van der Waals surface area contributed by atoms with Gasteiger partial charge in [-0.2, -0.15) is 0 Å². The molecular weight excluding hydrogens is 349 g/mol. The van der Waals surface area contributed by atoms with Gasteiger partial charge in [0.05, 0.1) is 23.1 Å². The first-order chi connectivity index (χ1) is 13.1. The predicted octanol–water partition coefficient (Wildman–Crippen LogP) is 3.50. The number of hydrogen-bond donors (Lipinski definition) is 0. The van der Waals surface area contributed by atoms with E-state index in [-0.39, 0.29) is 35.0 Å². The van der Waals surface area contributed by atoms with Crippen molar-refractivity contribution in [3.63, 3.8) is 0 Å². The minimum Gasteiger partial charge on any atom is -0.423 e. The van der Waals surface area contributed by atoms with Gasteiger partial charge in [-0.25, -0.2) is 14.1 Å². The summed E-state index contributed by atoms with van der Waals surface area (Å²) in [6.45, 7) is 0. The quantitative estimate of drug-likeness (QED) is 0.361. The molecule has 2 aliphatic rings. The summed E-state index contributed by atoms with van der Waals surface area (Å²) in [7, 11) is 0. The highest BCUT2D eigenvalue weighted by Gasteiger charge is 2.47. The van der Waals surface area contributed by atoms with Crippen molar-refractivity contribution in [3.8, 4) is 5.75 Å². The van der Waals surface area contributed by atoms with E-state index in [1.165, 1.54) is 36.4 Å². The highest BCUT2D eigenvalue weighted by Crippen LogP contribution is 2.38. The van der Waals surface area contributed by atoms with Crippen molar-refractivity contribution in [1.82, 2.24) is 0 Å². The Morgan fingerprint density at radius 3 is 2.30 bits per heavy atom. The number of carbonyl (C=O) groups is 3. The van der Waals surface area contributed by atoms with Crippen LogP contribution in [0.3, 0.4) is 0 Å². The number of benzene rings is 2. The first-order valence-corrected chi connectivity index (χ1v) is 8.66. The molecule has 2 amide bonds. The van der Waals surface area contributed by atoms with Crippen molar-refractivity contribution in [2.24, 2.45) is 11.8 Å². The molecule has 1 saturated heterocycles. The van der Waals surface area contributed by atoms with Crippen LogP contribution >= 0.6 is 0 Å². The molecule has 4 rings (SSSR count). The standard InChI is InChI=1S/C21H16FNO4/c22-18-11-4-3-10-17(18)21(26)27-14-7-5-6-13(12-14)23-19(24)15-8-1-2-9-16(15)20(23)25/h1-7,10-12,15-16H,8-9H2/t15-,16+. The van der Waals surface area contributed by atoms with E-state index in [4.69, 9.17) is 4.74 Å². The second-order valence-corrected chi connectivity index (χ2v) is 6.53. The van der Waals surface area contributed by atoms with Crippen LogP contribution in [0.5, 0.6) is 5.75 Å². The molecule has 0 radical (unpaired) electrons. The number of carbonyl (C=O) groups excluding carboxylic acids is 3. The smallest absolute Gasteiger partial charge is 0.346 e. The van der Waals surface area contributed by atoms with E-state index in [0.29, 0.717) is 18.5 Å². The highest BCUT2D eigenvalue weighted by atomic mass is 19.1. The molecule has 0 aromatic heterocycles. The third kappa shape index (κ3) is 3.03. The van der Waals surface area contributed by atoms with Crippen LogP contribution in [0.1, 0.15) is 23.2 Å². The van der Waals surface area contributed by atoms with Gasteiger partial charge in [0.1, 0.15) is 11.6 Å². The van der Waals surface area contributed by atoms with Crippen LogP contribution in [-0.2, 0) is 9.59 Å². The van der Waals surface area contributed by atoms with Crippen LogP contribution in [0.4, 0.5) is 10.1 Å². The Balaban J connectivity index is 1.58. The Hall–Kier alpha value is -3.28. The summed E-state index contributed by atoms with van der Waals surface area (Å²) in [5.41, 5.74) is 0.159. The minimum atomic E-state index is -0.845. The fourth-order valence-corrected chi connectivity index (χ4v) is 3.53. The number of fused-ring (bicyclic) bond motifs is 1. The Kier molecular flexibility index (Phi) is 4.32. The summed E-state index contributed by atoms with van der Waals surface area (Å²) in [4.78, 5) is 38.7. The fourth-order valence-electron chi connectivity index (χ4n) is 3.53. The summed E-state index contributed by atoms with van der Waals surface area (Å²) in [5, 5.41) is 0. The van der Waals surface area contributed by atoms with E-state index in [1.54, 1.807) is 12.1 Å². The van der Waals surface area contributed by atoms with Crippen molar-refractivity contribution in [3.05, 3.63) is 72.1 Å². The second kappa shape index (κ2) is 6.79. The average Bonchev–Trinajstić information content (AvgIpc) is 2.93. The van der Waals surface area contributed by atoms with E-state index in [0.717, 1.165) is 4.90 Å². The van der Waals surface area contributed by atoms with Crippen LogP contribution < -0.4 is 9.64 Å². The first kappa shape index (κ1) is 17.1. The van der Waals surface area contributed by atoms with Gasteiger partial charge in [-0.1, -0.05) is 30.4 Å². The number of halogens is 1. The lowest BCUT2D eigenvalue weighted by Crippen LogP contribution is -2.30. The molecule has 1 aliphatic carbocycles. The van der Waals surface area contributed by atoms with Crippen molar-refractivity contribution in [1.29, 1.82) is 0 Å². The molecular formula is C21H16FNO4. The molecule has 136 valence electrons. The van der Waals surface area contributed by atoms with Crippen LogP contribution in [0.2, 0.25) is 0 Å². The number of hydrogen-bond acceptors (Lipinski definition) is 4. The number of esters is 1. The summed E-state index contributed by atoms with van der Waals surface area (Å²) in [6, 6.07) is 11.7. The molecule has 0 N–H and O–H groups in total. The van der Waals surface area contributed by atoms with E-state index < -0.39 is 11.8 Å². The number of imide groups is 1. The Morgan fingerprint density at radius 2 is 1.63 bits per heavy atom. The zero-order chi connectivity index (χ0) is 19.0. The summed E-state index contributed by atoms with van der Waals surface area (Å²) < 4.78 is 19.0. The van der Waals surface area contributed by atoms with Crippen molar-refractivity contribution < 1.29 is 23.5 Å². The molecule has 27 heavy (non-hydrogen) atoms. The van der Waals surface area contributed by atoms with Gasteiger partial charge in [0.25, 0.3) is 0 Å². The molecule has 0 saturated carbocycles. The topological polar surface area (TPSA) is 63.7 Å². The van der Waals surface area contributed by atoms with E-state index in [9.17, 15) is 18.8 Å². The van der Waals surface area contributed by atoms with Crippen LogP contribution in [0.15, 0.2) is 60.7 Å². The number of ether oxygens (including phenoxy) is 1. The molecule has 0 bridgehead atoms. The van der Waals surface area contributed by atoms with Gasteiger partial charge in [-0.05, 0) is 37.1 Å². The van der Waals surface area contributed by atoms with Gasteiger partial charge < -0.3 is 4.74 Å². The SMILES string of the molecule is O=C(Oc1cccc(N2C(=O)[C@H]3CC=CC[C@H]3C2=O)c1)c1ccccc1F. The molecule has 0 spiro atoms. The predicted molar refractivity (Wildman–Crippen MR) is 95.6 cm³/mol. The van der Waals surface area contributed by atoms with Crippen LogP contribution in [0.25, 0.3) is 0 Å². The minimum absolute atomic E-state index is 0.134. The number of rotatable bonds is 3. The van der Waals surface area contributed by atoms with Crippen molar-refractivity contribution >= 4 is 23.5 Å². The van der Waals surface area contributed by atoms with Crippen molar-refractivity contribution in [2.75, 3.05) is 4.90 Å². The second-order valence-electron chi connectivity index (χ2n) is 6.53. The summed E-state index contributed by atoms with van der Waals surface area (Å²) in [5.74, 6) is -2.56. The maximum Gasteiger partial charge on any atom is 0.346 e. The third-order valence-corrected chi connectivity index (χ3v) is 4.89. The van der Waals surface area contributed by atoms with Gasteiger partial charge >= 0.3 is 5.97 Å². The third-order valence-electron chi connectivity index (χ3n) is 4.89. The van der Waals surface area contributed by atoms with Crippen LogP contribution in [-0.4, -0.2) is 17.8 Å². The molecule has 6 heteroatoms. The van der Waals surface area contributed by atoms with Crippen LogP contribution in [0, 0.1) is 17.7 Å². The largest absolute Gasteiger partial charge is 0.423 e. The van der Waals surface area contributed by atoms with Gasteiger partial charge in [-0.15, -0.1) is 0 Å². The Labute approximate surface area is 155 Å². The fraction of sp³-hybridized carbons (Fsp3) is 0.190. The molecule has 1 aliphatic heterocycles. The summed E-state index contributed by atoms with van der Waals surface area (Å²) in [6.07, 6.45) is 4.94. The lowest BCUT2D eigenvalue weighted by atomic mass is 9.85. The van der Waals surface area contributed by atoms with E-state index >= 15 is 0 Å². The van der Waals surface area contributed by atoms with E-state index in [2.05, 4.69) is 0 Å². The Morgan fingerprint density at radius 1 is 0.963 bits per heavy atom. The number of nitrogens with zero attached hydrogens (tertiary/aromatic N) is 1. The average molecular weight is 365 g/mol. The molecule has 1 fully saturated rings. The maximum atomic E-state index is 13.7.